The molecule has 20 heavy (non-hydrogen) atoms. The smallest absolute Gasteiger partial charge is 0.317 e. The van der Waals surface area contributed by atoms with Crippen molar-refractivity contribution in [1.82, 2.24) is 15.1 Å². The Hall–Kier alpha value is -1.79. The van der Waals surface area contributed by atoms with Gasteiger partial charge in [0.25, 0.3) is 0 Å². The molecule has 2 atom stereocenters. The zero-order valence-electron chi connectivity index (χ0n) is 11.7. The van der Waals surface area contributed by atoms with Gasteiger partial charge < -0.3 is 20.2 Å². The normalized spacial score (nSPS) is 23.4. The molecule has 0 spiro atoms. The Morgan fingerprint density at radius 3 is 2.90 bits per heavy atom. The lowest BCUT2D eigenvalue weighted by Gasteiger charge is -2.37. The number of aliphatic carboxylic acids is 1. The molecule has 0 radical (unpaired) electrons. The molecular formula is C13H21N3O4. The second-order valence-electron chi connectivity index (χ2n) is 5.61. The number of nitrogens with zero attached hydrogens (tertiary/aromatic N) is 2. The summed E-state index contributed by atoms with van der Waals surface area (Å²) in [6, 6.07) is -0.0142. The predicted octanol–water partition coefficient (Wildman–Crippen LogP) is 0.113. The van der Waals surface area contributed by atoms with Gasteiger partial charge in [-0.3, -0.25) is 9.59 Å². The van der Waals surface area contributed by atoms with Crippen molar-refractivity contribution in [2.45, 2.75) is 32.2 Å². The van der Waals surface area contributed by atoms with E-state index in [1.165, 1.54) is 0 Å². The molecular weight excluding hydrogens is 262 g/mol. The maximum atomic E-state index is 12.0. The van der Waals surface area contributed by atoms with Crippen LogP contribution in [0.3, 0.4) is 0 Å². The van der Waals surface area contributed by atoms with Gasteiger partial charge in [-0.15, -0.1) is 0 Å². The molecule has 0 saturated carbocycles. The first-order chi connectivity index (χ1) is 9.47. The van der Waals surface area contributed by atoms with E-state index < -0.39 is 5.97 Å². The largest absolute Gasteiger partial charge is 0.481 e. The van der Waals surface area contributed by atoms with Crippen molar-refractivity contribution in [3.8, 4) is 0 Å². The predicted molar refractivity (Wildman–Crippen MR) is 71.1 cm³/mol. The second-order valence-corrected chi connectivity index (χ2v) is 5.61. The minimum absolute atomic E-state index is 0.0468. The second kappa shape index (κ2) is 6.11. The molecule has 2 saturated heterocycles. The first kappa shape index (κ1) is 14.6. The van der Waals surface area contributed by atoms with E-state index in [9.17, 15) is 14.4 Å². The van der Waals surface area contributed by atoms with Gasteiger partial charge in [-0.2, -0.15) is 0 Å². The van der Waals surface area contributed by atoms with Crippen LogP contribution >= 0.6 is 0 Å². The van der Waals surface area contributed by atoms with Crippen LogP contribution in [0.1, 0.15) is 26.2 Å². The van der Waals surface area contributed by atoms with Crippen LogP contribution < -0.4 is 5.32 Å². The average Bonchev–Trinajstić information content (AvgIpc) is 2.76. The molecule has 2 N–H and O–H groups in total. The number of urea groups is 1. The molecule has 2 rings (SSSR count). The fourth-order valence-electron chi connectivity index (χ4n) is 2.79. The number of carbonyl (C=O) groups excluding carboxylic acids is 2. The van der Waals surface area contributed by atoms with Crippen LogP contribution in [0.2, 0.25) is 0 Å². The SMILES string of the molecule is CC(CNC(=O)N1CCN2C(=O)CCC2C1)CC(=O)O. The Bertz CT molecular complexity index is 412. The molecule has 2 aliphatic rings. The van der Waals surface area contributed by atoms with E-state index in [0.29, 0.717) is 32.6 Å². The quantitative estimate of drug-likeness (QED) is 0.766. The van der Waals surface area contributed by atoms with Crippen LogP contribution in [0.25, 0.3) is 0 Å². The number of amides is 3. The zero-order valence-corrected chi connectivity index (χ0v) is 11.7. The molecule has 2 fully saturated rings. The molecule has 2 heterocycles. The number of hydrogen-bond donors (Lipinski definition) is 2. The van der Waals surface area contributed by atoms with Gasteiger partial charge in [0, 0.05) is 45.1 Å². The number of fused-ring (bicyclic) bond motifs is 1. The highest BCUT2D eigenvalue weighted by Crippen LogP contribution is 2.22. The molecule has 2 aliphatic heterocycles. The van der Waals surface area contributed by atoms with Crippen molar-refractivity contribution in [3.63, 3.8) is 0 Å². The Balaban J connectivity index is 1.76. The number of carboxylic acids is 1. The average molecular weight is 283 g/mol. The maximum absolute atomic E-state index is 12.0. The fourth-order valence-corrected chi connectivity index (χ4v) is 2.79. The van der Waals surface area contributed by atoms with Crippen molar-refractivity contribution in [2.75, 3.05) is 26.2 Å². The van der Waals surface area contributed by atoms with Crippen LogP contribution in [-0.2, 0) is 9.59 Å². The summed E-state index contributed by atoms with van der Waals surface area (Å²) >= 11 is 0. The molecule has 7 heteroatoms. The Morgan fingerprint density at radius 1 is 1.45 bits per heavy atom. The Morgan fingerprint density at radius 2 is 2.20 bits per heavy atom. The van der Waals surface area contributed by atoms with Gasteiger partial charge in [0.15, 0.2) is 0 Å². The van der Waals surface area contributed by atoms with E-state index in [4.69, 9.17) is 5.11 Å². The Kier molecular flexibility index (Phi) is 4.46. The number of nitrogens with one attached hydrogen (secondary N) is 1. The summed E-state index contributed by atoms with van der Waals surface area (Å²) in [5, 5.41) is 11.4. The Labute approximate surface area is 117 Å². The maximum Gasteiger partial charge on any atom is 0.317 e. The lowest BCUT2D eigenvalue weighted by atomic mass is 10.1. The lowest BCUT2D eigenvalue weighted by Crippen LogP contribution is -2.55. The summed E-state index contributed by atoms with van der Waals surface area (Å²) in [4.78, 5) is 37.7. The van der Waals surface area contributed by atoms with Gasteiger partial charge >= 0.3 is 12.0 Å². The highest BCUT2D eigenvalue weighted by atomic mass is 16.4. The van der Waals surface area contributed by atoms with Crippen molar-refractivity contribution in [3.05, 3.63) is 0 Å². The van der Waals surface area contributed by atoms with Crippen molar-refractivity contribution in [2.24, 2.45) is 5.92 Å². The third-order valence-corrected chi connectivity index (χ3v) is 3.91. The van der Waals surface area contributed by atoms with Crippen molar-refractivity contribution in [1.29, 1.82) is 0 Å². The number of carboxylic acid groups (broad SMARTS) is 1. The van der Waals surface area contributed by atoms with E-state index in [2.05, 4.69) is 5.32 Å². The van der Waals surface area contributed by atoms with Crippen molar-refractivity contribution < 1.29 is 19.5 Å². The molecule has 0 aliphatic carbocycles. The van der Waals surface area contributed by atoms with Crippen LogP contribution in [0.4, 0.5) is 4.79 Å². The molecule has 2 unspecified atom stereocenters. The first-order valence-electron chi connectivity index (χ1n) is 7.01. The van der Waals surface area contributed by atoms with E-state index in [1.54, 1.807) is 11.8 Å². The molecule has 3 amide bonds. The summed E-state index contributed by atoms with van der Waals surface area (Å²) in [5.74, 6) is -0.763. The minimum Gasteiger partial charge on any atom is -0.481 e. The van der Waals surface area contributed by atoms with E-state index in [0.717, 1.165) is 6.42 Å². The number of carbonyl (C=O) groups is 3. The summed E-state index contributed by atoms with van der Waals surface area (Å²) in [6.45, 7) is 3.87. The van der Waals surface area contributed by atoms with E-state index in [1.807, 2.05) is 4.90 Å². The molecule has 7 nitrogen and oxygen atoms in total. The van der Waals surface area contributed by atoms with Crippen LogP contribution in [0.5, 0.6) is 0 Å². The summed E-state index contributed by atoms with van der Waals surface area (Å²) in [5.41, 5.74) is 0. The number of rotatable bonds is 4. The van der Waals surface area contributed by atoms with Crippen molar-refractivity contribution >= 4 is 17.9 Å². The van der Waals surface area contributed by atoms with Crippen LogP contribution in [-0.4, -0.2) is 65.0 Å². The number of hydrogen-bond acceptors (Lipinski definition) is 3. The van der Waals surface area contributed by atoms with E-state index in [-0.39, 0.29) is 30.3 Å². The lowest BCUT2D eigenvalue weighted by molar-refractivity contribution is -0.138. The van der Waals surface area contributed by atoms with Gasteiger partial charge in [-0.25, -0.2) is 4.79 Å². The molecule has 0 aromatic rings. The van der Waals surface area contributed by atoms with Gasteiger partial charge in [0.05, 0.1) is 0 Å². The van der Waals surface area contributed by atoms with Gasteiger partial charge in [0.1, 0.15) is 0 Å². The topological polar surface area (TPSA) is 90.0 Å². The highest BCUT2D eigenvalue weighted by molar-refractivity contribution is 5.80. The monoisotopic (exact) mass is 283 g/mol. The third-order valence-electron chi connectivity index (χ3n) is 3.91. The summed E-state index contributed by atoms with van der Waals surface area (Å²) in [7, 11) is 0. The molecule has 0 aromatic heterocycles. The molecule has 0 aromatic carbocycles. The van der Waals surface area contributed by atoms with Crippen LogP contribution in [0, 0.1) is 5.92 Å². The van der Waals surface area contributed by atoms with Gasteiger partial charge in [0.2, 0.25) is 5.91 Å². The molecule has 112 valence electrons. The minimum atomic E-state index is -0.857. The zero-order chi connectivity index (χ0) is 14.7. The first-order valence-corrected chi connectivity index (χ1v) is 7.01. The van der Waals surface area contributed by atoms with Gasteiger partial charge in [-0.05, 0) is 12.3 Å². The van der Waals surface area contributed by atoms with Crippen LogP contribution in [0.15, 0.2) is 0 Å². The number of piperazine rings is 1. The van der Waals surface area contributed by atoms with E-state index >= 15 is 0 Å². The standard InChI is InChI=1S/C13H21N3O4/c1-9(6-12(18)19)7-14-13(20)15-4-5-16-10(8-15)2-3-11(16)17/h9-10H,2-8H2,1H3,(H,14,20)(H,18,19). The highest BCUT2D eigenvalue weighted by Gasteiger charge is 2.36. The summed E-state index contributed by atoms with van der Waals surface area (Å²) in [6.07, 6.45) is 1.44. The molecule has 0 bridgehead atoms. The summed E-state index contributed by atoms with van der Waals surface area (Å²) < 4.78 is 0. The van der Waals surface area contributed by atoms with Gasteiger partial charge in [-0.1, -0.05) is 6.92 Å². The third kappa shape index (κ3) is 3.40. The fraction of sp³-hybridized carbons (Fsp3) is 0.769.